The molecule has 0 aromatic heterocycles. The van der Waals surface area contributed by atoms with Gasteiger partial charge in [0.1, 0.15) is 5.69 Å². The van der Waals surface area contributed by atoms with Gasteiger partial charge in [-0.2, -0.15) is 0 Å². The summed E-state index contributed by atoms with van der Waals surface area (Å²) in [5.41, 5.74) is 0.417. The van der Waals surface area contributed by atoms with E-state index in [-0.39, 0.29) is 22.3 Å². The summed E-state index contributed by atoms with van der Waals surface area (Å²) in [5.74, 6) is 0.317. The third-order valence-corrected chi connectivity index (χ3v) is 3.69. The SMILES string of the molecule is CC(C)Oc1cccc(NC2(C)CCNCC2)c1[N+](=O)[O-]. The van der Waals surface area contributed by atoms with E-state index in [2.05, 4.69) is 17.6 Å². The number of benzene rings is 1. The number of rotatable bonds is 5. The van der Waals surface area contributed by atoms with Crippen LogP contribution >= 0.6 is 0 Å². The Morgan fingerprint density at radius 2 is 2.05 bits per heavy atom. The van der Waals surface area contributed by atoms with Crippen molar-refractivity contribution in [1.29, 1.82) is 0 Å². The number of piperidine rings is 1. The number of anilines is 1. The van der Waals surface area contributed by atoms with Gasteiger partial charge >= 0.3 is 5.69 Å². The molecule has 2 N–H and O–H groups in total. The van der Waals surface area contributed by atoms with Crippen molar-refractivity contribution in [3.63, 3.8) is 0 Å². The summed E-state index contributed by atoms with van der Waals surface area (Å²) in [7, 11) is 0. The Bertz CT molecular complexity index is 511. The number of nitrogens with one attached hydrogen (secondary N) is 2. The molecule has 0 radical (unpaired) electrons. The Hall–Kier alpha value is -1.82. The molecule has 1 saturated heterocycles. The molecule has 0 aliphatic carbocycles. The van der Waals surface area contributed by atoms with Crippen LogP contribution < -0.4 is 15.4 Å². The summed E-state index contributed by atoms with van der Waals surface area (Å²) in [5, 5.41) is 18.1. The molecule has 0 amide bonds. The minimum Gasteiger partial charge on any atom is -0.484 e. The van der Waals surface area contributed by atoms with Crippen LogP contribution in [0.3, 0.4) is 0 Å². The van der Waals surface area contributed by atoms with Gasteiger partial charge in [0.05, 0.1) is 11.0 Å². The summed E-state index contributed by atoms with van der Waals surface area (Å²) in [6, 6.07) is 5.18. The number of nitrogens with zero attached hydrogens (tertiary/aromatic N) is 1. The smallest absolute Gasteiger partial charge is 0.333 e. The highest BCUT2D eigenvalue weighted by Gasteiger charge is 2.30. The van der Waals surface area contributed by atoms with Crippen LogP contribution in [0.2, 0.25) is 0 Å². The topological polar surface area (TPSA) is 76.4 Å². The van der Waals surface area contributed by atoms with Crippen LogP contribution in [-0.4, -0.2) is 29.7 Å². The van der Waals surface area contributed by atoms with Gasteiger partial charge in [0.2, 0.25) is 0 Å². The van der Waals surface area contributed by atoms with Gasteiger partial charge < -0.3 is 15.4 Å². The molecule has 0 atom stereocenters. The normalized spacial score (nSPS) is 17.5. The molecule has 0 unspecified atom stereocenters. The van der Waals surface area contributed by atoms with Crippen molar-refractivity contribution in [2.45, 2.75) is 45.3 Å². The summed E-state index contributed by atoms with van der Waals surface area (Å²) < 4.78 is 5.58. The summed E-state index contributed by atoms with van der Waals surface area (Å²) in [6.07, 6.45) is 1.76. The van der Waals surface area contributed by atoms with Gasteiger partial charge in [0.25, 0.3) is 0 Å². The van der Waals surface area contributed by atoms with Crippen LogP contribution in [0.4, 0.5) is 11.4 Å². The first-order chi connectivity index (χ1) is 9.91. The molecule has 116 valence electrons. The first-order valence-corrected chi connectivity index (χ1v) is 7.34. The van der Waals surface area contributed by atoms with Gasteiger partial charge in [0, 0.05) is 5.54 Å². The Morgan fingerprint density at radius 1 is 1.38 bits per heavy atom. The van der Waals surface area contributed by atoms with Crippen LogP contribution in [0.5, 0.6) is 5.75 Å². The maximum atomic E-state index is 11.4. The zero-order valence-electron chi connectivity index (χ0n) is 12.8. The summed E-state index contributed by atoms with van der Waals surface area (Å²) >= 11 is 0. The number of ether oxygens (including phenoxy) is 1. The third-order valence-electron chi connectivity index (χ3n) is 3.69. The summed E-state index contributed by atoms with van der Waals surface area (Å²) in [4.78, 5) is 11.1. The van der Waals surface area contributed by atoms with Gasteiger partial charge in [0.15, 0.2) is 5.75 Å². The van der Waals surface area contributed by atoms with E-state index in [0.717, 1.165) is 25.9 Å². The van der Waals surface area contributed by atoms with Gasteiger partial charge in [-0.15, -0.1) is 0 Å². The van der Waals surface area contributed by atoms with E-state index < -0.39 is 0 Å². The Labute approximate surface area is 125 Å². The molecule has 0 saturated carbocycles. The Morgan fingerprint density at radius 3 is 2.62 bits per heavy atom. The van der Waals surface area contributed by atoms with E-state index in [1.54, 1.807) is 18.2 Å². The minimum atomic E-state index is -0.371. The van der Waals surface area contributed by atoms with Crippen molar-refractivity contribution in [2.24, 2.45) is 0 Å². The van der Waals surface area contributed by atoms with E-state index in [1.165, 1.54) is 0 Å². The largest absolute Gasteiger partial charge is 0.484 e. The number of nitro groups is 1. The van der Waals surface area contributed by atoms with E-state index in [4.69, 9.17) is 4.74 Å². The molecular formula is C15H23N3O3. The zero-order chi connectivity index (χ0) is 15.5. The zero-order valence-corrected chi connectivity index (χ0v) is 12.8. The van der Waals surface area contributed by atoms with E-state index >= 15 is 0 Å². The van der Waals surface area contributed by atoms with Crippen LogP contribution in [-0.2, 0) is 0 Å². The van der Waals surface area contributed by atoms with Gasteiger partial charge in [-0.25, -0.2) is 0 Å². The third kappa shape index (κ3) is 3.85. The molecule has 0 bridgehead atoms. The lowest BCUT2D eigenvalue weighted by Gasteiger charge is -2.35. The fraction of sp³-hybridized carbons (Fsp3) is 0.600. The monoisotopic (exact) mass is 293 g/mol. The van der Waals surface area contributed by atoms with E-state index in [1.807, 2.05) is 13.8 Å². The van der Waals surface area contributed by atoms with Crippen molar-refractivity contribution in [2.75, 3.05) is 18.4 Å². The van der Waals surface area contributed by atoms with Crippen molar-refractivity contribution in [1.82, 2.24) is 5.32 Å². The van der Waals surface area contributed by atoms with Gasteiger partial charge in [-0.05, 0) is 58.8 Å². The lowest BCUT2D eigenvalue weighted by molar-refractivity contribution is -0.385. The highest BCUT2D eigenvalue weighted by Crippen LogP contribution is 2.38. The summed E-state index contributed by atoms with van der Waals surface area (Å²) in [6.45, 7) is 7.66. The predicted molar refractivity (Wildman–Crippen MR) is 83.0 cm³/mol. The molecule has 1 aromatic carbocycles. The molecule has 1 aliphatic heterocycles. The fourth-order valence-corrected chi connectivity index (χ4v) is 2.59. The standard InChI is InChI=1S/C15H23N3O3/c1-11(2)21-13-6-4-5-12(14(13)18(19)20)17-15(3)7-9-16-10-8-15/h4-6,11,16-17H,7-10H2,1-3H3. The number of nitro benzene ring substituents is 1. The highest BCUT2D eigenvalue weighted by atomic mass is 16.6. The molecular weight excluding hydrogens is 270 g/mol. The molecule has 1 aliphatic rings. The molecule has 6 nitrogen and oxygen atoms in total. The number of hydrogen-bond acceptors (Lipinski definition) is 5. The molecule has 21 heavy (non-hydrogen) atoms. The quantitative estimate of drug-likeness (QED) is 0.645. The van der Waals surface area contributed by atoms with Crippen LogP contribution in [0.15, 0.2) is 18.2 Å². The second-order valence-electron chi connectivity index (χ2n) is 6.01. The van der Waals surface area contributed by atoms with Crippen molar-refractivity contribution in [3.8, 4) is 5.75 Å². The van der Waals surface area contributed by atoms with Crippen LogP contribution in [0.1, 0.15) is 33.6 Å². The van der Waals surface area contributed by atoms with Gasteiger partial charge in [-0.3, -0.25) is 10.1 Å². The second kappa shape index (κ2) is 6.30. The average Bonchev–Trinajstić information content (AvgIpc) is 2.38. The highest BCUT2D eigenvalue weighted by molar-refractivity contribution is 5.69. The Balaban J connectivity index is 2.31. The van der Waals surface area contributed by atoms with Crippen molar-refractivity contribution in [3.05, 3.63) is 28.3 Å². The maximum Gasteiger partial charge on any atom is 0.333 e. The molecule has 6 heteroatoms. The van der Waals surface area contributed by atoms with E-state index in [9.17, 15) is 10.1 Å². The van der Waals surface area contributed by atoms with Crippen molar-refractivity contribution < 1.29 is 9.66 Å². The van der Waals surface area contributed by atoms with Crippen LogP contribution in [0, 0.1) is 10.1 Å². The van der Waals surface area contributed by atoms with Gasteiger partial charge in [-0.1, -0.05) is 6.07 Å². The van der Waals surface area contributed by atoms with Crippen LogP contribution in [0.25, 0.3) is 0 Å². The molecule has 0 spiro atoms. The molecule has 1 fully saturated rings. The second-order valence-corrected chi connectivity index (χ2v) is 6.01. The molecule has 2 rings (SSSR count). The molecule has 1 heterocycles. The first kappa shape index (κ1) is 15.6. The van der Waals surface area contributed by atoms with E-state index in [0.29, 0.717) is 11.4 Å². The lowest BCUT2D eigenvalue weighted by atomic mass is 9.90. The first-order valence-electron chi connectivity index (χ1n) is 7.34. The Kier molecular flexibility index (Phi) is 4.67. The predicted octanol–water partition coefficient (Wildman–Crippen LogP) is 2.94. The minimum absolute atomic E-state index is 0.0194. The number of para-hydroxylation sites is 1. The maximum absolute atomic E-state index is 11.4. The fourth-order valence-electron chi connectivity index (χ4n) is 2.59. The van der Waals surface area contributed by atoms with Crippen molar-refractivity contribution >= 4 is 11.4 Å². The number of hydrogen-bond donors (Lipinski definition) is 2. The average molecular weight is 293 g/mol. The molecule has 1 aromatic rings. The lowest BCUT2D eigenvalue weighted by Crippen LogP contribution is -2.45.